The zero-order valence-electron chi connectivity index (χ0n) is 20.8. The molecule has 0 aromatic heterocycles. The third kappa shape index (κ3) is 6.75. The van der Waals surface area contributed by atoms with Gasteiger partial charge in [-0.2, -0.15) is 0 Å². The van der Waals surface area contributed by atoms with Crippen LogP contribution in [0, 0.1) is 31.9 Å². The van der Waals surface area contributed by atoms with Gasteiger partial charge >= 0.3 is 11.4 Å². The molecule has 0 fully saturated rings. The van der Waals surface area contributed by atoms with Crippen LogP contribution < -0.4 is 4.74 Å². The minimum atomic E-state index is -0.920. The number of nitrogens with zero attached hydrogens (tertiary/aromatic N) is 2. The summed E-state index contributed by atoms with van der Waals surface area (Å²) in [5, 5.41) is 50.0. The predicted octanol–water partition coefficient (Wildman–Crippen LogP) is 5.06. The highest BCUT2D eigenvalue weighted by Gasteiger charge is 2.24. The highest BCUT2D eigenvalue weighted by molar-refractivity contribution is 6.10. The molecular weight excluding hydrogens is 550 g/mol. The van der Waals surface area contributed by atoms with Gasteiger partial charge in [-0.15, -0.1) is 0 Å². The Kier molecular flexibility index (Phi) is 8.88. The molecule has 14 heteroatoms. The van der Waals surface area contributed by atoms with Gasteiger partial charge in [0.25, 0.3) is 0 Å². The summed E-state index contributed by atoms with van der Waals surface area (Å²) in [6, 6.07) is 13.2. The molecule has 0 aliphatic rings. The van der Waals surface area contributed by atoms with E-state index in [0.29, 0.717) is 0 Å². The number of phenols is 3. The van der Waals surface area contributed by atoms with Gasteiger partial charge in [0.2, 0.25) is 11.5 Å². The number of nitro groups is 2. The molecule has 0 radical (unpaired) electrons. The first-order valence-corrected chi connectivity index (χ1v) is 11.2. The molecule has 0 spiro atoms. The molecule has 0 bridgehead atoms. The summed E-state index contributed by atoms with van der Waals surface area (Å²) in [5.41, 5.74) is -1.37. The zero-order chi connectivity index (χ0) is 30.4. The lowest BCUT2D eigenvalue weighted by Gasteiger charge is -2.07. The maximum Gasteiger partial charge on any atom is 0.315 e. The van der Waals surface area contributed by atoms with Crippen LogP contribution in [0.2, 0.25) is 0 Å². The number of halogens is 2. The first-order chi connectivity index (χ1) is 19.3. The Labute approximate surface area is 228 Å². The fraction of sp³-hybridized carbons (Fsp3) is 0.0370. The third-order valence-electron chi connectivity index (χ3n) is 5.48. The summed E-state index contributed by atoms with van der Waals surface area (Å²) in [6.45, 7) is 0. The van der Waals surface area contributed by atoms with Crippen molar-refractivity contribution in [2.45, 2.75) is 0 Å². The maximum absolute atomic E-state index is 12.8. The van der Waals surface area contributed by atoms with E-state index in [1.807, 2.05) is 0 Å². The second-order valence-electron chi connectivity index (χ2n) is 8.10. The van der Waals surface area contributed by atoms with Crippen LogP contribution in [-0.4, -0.2) is 43.8 Å². The fourth-order valence-electron chi connectivity index (χ4n) is 3.43. The van der Waals surface area contributed by atoms with E-state index in [9.17, 15) is 53.9 Å². The summed E-state index contributed by atoms with van der Waals surface area (Å²) >= 11 is 0. The summed E-state index contributed by atoms with van der Waals surface area (Å²) in [5.74, 6) is -4.73. The molecule has 0 amide bonds. The van der Waals surface area contributed by atoms with E-state index in [0.717, 1.165) is 42.5 Å². The minimum absolute atomic E-state index is 0.0389. The number of methoxy groups -OCH3 is 1. The number of carbonyl (C=O) groups is 2. The lowest BCUT2D eigenvalue weighted by Crippen LogP contribution is -2.03. The number of nitro benzene ring substituents is 2. The van der Waals surface area contributed by atoms with Crippen LogP contribution in [0.25, 0.3) is 0 Å². The maximum atomic E-state index is 12.8. The minimum Gasteiger partial charge on any atom is -0.504 e. The average molecular weight is 568 g/mol. The van der Waals surface area contributed by atoms with Gasteiger partial charge in [-0.05, 0) is 60.7 Å². The Morgan fingerprint density at radius 3 is 1.44 bits per heavy atom. The normalized spacial score (nSPS) is 10.2. The van der Waals surface area contributed by atoms with Crippen LogP contribution in [0.1, 0.15) is 31.8 Å². The van der Waals surface area contributed by atoms with Crippen molar-refractivity contribution in [3.05, 3.63) is 127 Å². The molecule has 4 aromatic rings. The quantitative estimate of drug-likeness (QED) is 0.118. The van der Waals surface area contributed by atoms with E-state index >= 15 is 0 Å². The van der Waals surface area contributed by atoms with E-state index < -0.39 is 61.7 Å². The number of ketones is 2. The first-order valence-electron chi connectivity index (χ1n) is 11.2. The molecule has 210 valence electrons. The molecule has 0 unspecified atom stereocenters. The van der Waals surface area contributed by atoms with Gasteiger partial charge in [0.05, 0.1) is 17.0 Å². The Balaban J connectivity index is 0.000000226. The van der Waals surface area contributed by atoms with Crippen LogP contribution in [0.5, 0.6) is 23.0 Å². The number of rotatable bonds is 7. The third-order valence-corrected chi connectivity index (χ3v) is 5.48. The van der Waals surface area contributed by atoms with Crippen LogP contribution >= 0.6 is 0 Å². The fourth-order valence-corrected chi connectivity index (χ4v) is 3.43. The summed E-state index contributed by atoms with van der Waals surface area (Å²) in [7, 11) is 1.21. The molecule has 41 heavy (non-hydrogen) atoms. The number of hydrogen-bond acceptors (Lipinski definition) is 10. The van der Waals surface area contributed by atoms with Crippen molar-refractivity contribution in [1.29, 1.82) is 0 Å². The summed E-state index contributed by atoms with van der Waals surface area (Å²) < 4.78 is 30.4. The monoisotopic (exact) mass is 568 g/mol. The Bertz CT molecular complexity index is 1660. The number of phenolic OH excluding ortho intramolecular Hbond substituents is 3. The van der Waals surface area contributed by atoms with Gasteiger partial charge in [0.1, 0.15) is 11.6 Å². The summed E-state index contributed by atoms with van der Waals surface area (Å²) in [4.78, 5) is 44.1. The molecule has 4 aromatic carbocycles. The van der Waals surface area contributed by atoms with Crippen LogP contribution in [-0.2, 0) is 0 Å². The molecule has 0 atom stereocenters. The zero-order valence-corrected chi connectivity index (χ0v) is 20.8. The van der Waals surface area contributed by atoms with E-state index in [1.165, 1.54) is 37.4 Å². The summed E-state index contributed by atoms with van der Waals surface area (Å²) in [6.07, 6.45) is 0. The Hall–Kier alpha value is -5.92. The Morgan fingerprint density at radius 2 is 1.05 bits per heavy atom. The van der Waals surface area contributed by atoms with Crippen molar-refractivity contribution in [2.24, 2.45) is 0 Å². The second-order valence-corrected chi connectivity index (χ2v) is 8.10. The smallest absolute Gasteiger partial charge is 0.315 e. The SMILES string of the molecule is COc1cc(C(=O)c2ccc(F)cc2)cc([N+](=O)[O-])c1O.O=C(c1ccc(F)cc1)c1cc(O)c(O)c([N+](=O)[O-])c1. The van der Waals surface area contributed by atoms with Crippen molar-refractivity contribution in [3.8, 4) is 23.0 Å². The van der Waals surface area contributed by atoms with E-state index in [2.05, 4.69) is 0 Å². The number of ether oxygens (including phenoxy) is 1. The lowest BCUT2D eigenvalue weighted by molar-refractivity contribution is -0.386. The molecule has 0 saturated heterocycles. The van der Waals surface area contributed by atoms with Crippen LogP contribution in [0.15, 0.2) is 72.8 Å². The number of aromatic hydroxyl groups is 3. The lowest BCUT2D eigenvalue weighted by atomic mass is 10.0. The van der Waals surface area contributed by atoms with Crippen molar-refractivity contribution < 1.29 is 48.3 Å². The highest BCUT2D eigenvalue weighted by Crippen LogP contribution is 2.38. The van der Waals surface area contributed by atoms with Crippen molar-refractivity contribution in [3.63, 3.8) is 0 Å². The van der Waals surface area contributed by atoms with E-state index in [-0.39, 0.29) is 28.0 Å². The molecule has 0 heterocycles. The average Bonchev–Trinajstić information content (AvgIpc) is 2.94. The molecule has 0 aliphatic heterocycles. The van der Waals surface area contributed by atoms with Crippen molar-refractivity contribution >= 4 is 22.9 Å². The molecular formula is C27H18F2N2O10. The molecule has 4 rings (SSSR count). The van der Waals surface area contributed by atoms with Gasteiger partial charge in [0.15, 0.2) is 23.1 Å². The Morgan fingerprint density at radius 1 is 0.659 bits per heavy atom. The molecule has 3 N–H and O–H groups in total. The van der Waals surface area contributed by atoms with Crippen LogP contribution in [0.3, 0.4) is 0 Å². The van der Waals surface area contributed by atoms with Gasteiger partial charge in [0, 0.05) is 34.4 Å². The highest BCUT2D eigenvalue weighted by atomic mass is 19.1. The number of benzene rings is 4. The van der Waals surface area contributed by atoms with Gasteiger partial charge in [-0.1, -0.05) is 0 Å². The molecule has 12 nitrogen and oxygen atoms in total. The van der Waals surface area contributed by atoms with Gasteiger partial charge < -0.3 is 20.1 Å². The van der Waals surface area contributed by atoms with Gasteiger partial charge in [-0.25, -0.2) is 8.78 Å². The van der Waals surface area contributed by atoms with E-state index in [1.54, 1.807) is 0 Å². The van der Waals surface area contributed by atoms with Crippen molar-refractivity contribution in [1.82, 2.24) is 0 Å². The topological polar surface area (TPSA) is 190 Å². The van der Waals surface area contributed by atoms with Gasteiger partial charge in [-0.3, -0.25) is 29.8 Å². The van der Waals surface area contributed by atoms with E-state index in [4.69, 9.17) is 4.74 Å². The van der Waals surface area contributed by atoms with Crippen molar-refractivity contribution in [2.75, 3.05) is 7.11 Å². The first kappa shape index (κ1) is 29.6. The molecule has 0 saturated carbocycles. The second kappa shape index (κ2) is 12.3. The predicted molar refractivity (Wildman–Crippen MR) is 137 cm³/mol. The standard InChI is InChI=1S/C14H10FNO5.C13H8FNO5/c1-21-12-7-9(6-11(14(12)18)16(19)20)13(17)8-2-4-10(15)5-3-8;14-9-3-1-7(2-4-9)12(17)8-5-10(15(19)20)13(18)11(16)6-8/h2-7,18H,1H3;1-6,16,18H. The molecule has 0 aliphatic carbocycles. The largest absolute Gasteiger partial charge is 0.504 e. The number of carbonyl (C=O) groups excluding carboxylic acids is 2. The number of hydrogen-bond donors (Lipinski definition) is 3. The van der Waals surface area contributed by atoms with Crippen LogP contribution in [0.4, 0.5) is 20.2 Å².